The molecule has 8 nitrogen and oxygen atoms in total. The van der Waals surface area contributed by atoms with Gasteiger partial charge in [0, 0.05) is 45.2 Å². The average molecular weight is 456 g/mol. The van der Waals surface area contributed by atoms with Crippen LogP contribution in [0.5, 0.6) is 5.75 Å². The number of nitrogens with zero attached hydrogens (tertiary/aromatic N) is 3. The Morgan fingerprint density at radius 3 is 2.58 bits per heavy atom. The van der Waals surface area contributed by atoms with E-state index in [-0.39, 0.29) is 17.8 Å². The first kappa shape index (κ1) is 24.9. The topological polar surface area (TPSA) is 106 Å². The molecule has 178 valence electrons. The highest BCUT2D eigenvalue weighted by molar-refractivity contribution is 5.77. The highest BCUT2D eigenvalue weighted by Gasteiger charge is 2.35. The van der Waals surface area contributed by atoms with E-state index in [0.717, 1.165) is 37.3 Å². The normalized spacial score (nSPS) is 24.1. The maximum absolute atomic E-state index is 11.7. The molecule has 0 bridgehead atoms. The summed E-state index contributed by atoms with van der Waals surface area (Å²) in [4.78, 5) is 16.1. The van der Waals surface area contributed by atoms with E-state index in [2.05, 4.69) is 22.4 Å². The Balaban J connectivity index is 1.47. The lowest BCUT2D eigenvalue weighted by Gasteiger charge is -2.36. The third-order valence-electron chi connectivity index (χ3n) is 6.48. The van der Waals surface area contributed by atoms with Gasteiger partial charge in [-0.2, -0.15) is 5.26 Å². The molecule has 3 rings (SSSR count). The molecule has 0 amide bonds. The Morgan fingerprint density at radius 1 is 1.30 bits per heavy atom. The number of piperazine rings is 1. The predicted octanol–water partition coefficient (Wildman–Crippen LogP) is 1.50. The largest absolute Gasteiger partial charge is 0.495 e. The van der Waals surface area contributed by atoms with Gasteiger partial charge in [-0.25, -0.2) is 0 Å². The molecule has 0 saturated carbocycles. The van der Waals surface area contributed by atoms with E-state index < -0.39 is 12.2 Å². The van der Waals surface area contributed by atoms with Gasteiger partial charge in [0.2, 0.25) is 0 Å². The van der Waals surface area contributed by atoms with Gasteiger partial charge in [-0.3, -0.25) is 14.6 Å². The van der Waals surface area contributed by atoms with Crippen molar-refractivity contribution in [1.29, 1.82) is 5.26 Å². The van der Waals surface area contributed by atoms with Crippen molar-refractivity contribution in [2.24, 2.45) is 11.8 Å². The highest BCUT2D eigenvalue weighted by Crippen LogP contribution is 2.29. The first-order valence-electron chi connectivity index (χ1n) is 11.2. The van der Waals surface area contributed by atoms with E-state index in [9.17, 15) is 15.0 Å². The summed E-state index contributed by atoms with van der Waals surface area (Å²) in [6.07, 6.45) is 2.13. The van der Waals surface area contributed by atoms with Crippen molar-refractivity contribution in [1.82, 2.24) is 9.80 Å². The van der Waals surface area contributed by atoms with Gasteiger partial charge in [-0.05, 0) is 24.6 Å². The Kier molecular flexibility index (Phi) is 8.64. The summed E-state index contributed by atoms with van der Waals surface area (Å²) in [6.45, 7) is 10.1. The minimum absolute atomic E-state index is 0.0659. The zero-order valence-electron chi connectivity index (χ0n) is 19.3. The minimum Gasteiger partial charge on any atom is -0.495 e. The molecule has 2 saturated heterocycles. The Hall–Kier alpha value is -2.70. The molecule has 2 aliphatic rings. The monoisotopic (exact) mass is 455 g/mol. The molecule has 0 aliphatic carbocycles. The first-order chi connectivity index (χ1) is 15.9. The molecule has 2 aliphatic heterocycles. The molecule has 0 spiro atoms. The van der Waals surface area contributed by atoms with Crippen LogP contribution in [0.4, 0.5) is 0 Å². The van der Waals surface area contributed by atoms with Crippen LogP contribution < -0.4 is 4.74 Å². The van der Waals surface area contributed by atoms with Gasteiger partial charge < -0.3 is 19.7 Å². The number of ether oxygens (including phenoxy) is 2. The van der Waals surface area contributed by atoms with E-state index >= 15 is 0 Å². The molecule has 0 radical (unpaired) electrons. The fourth-order valence-electron chi connectivity index (χ4n) is 4.47. The molecule has 2 fully saturated rings. The number of carbonyl (C=O) groups excluding carboxylic acids is 1. The van der Waals surface area contributed by atoms with Crippen molar-refractivity contribution in [3.05, 3.63) is 53.6 Å². The van der Waals surface area contributed by atoms with Crippen molar-refractivity contribution in [3.63, 3.8) is 0 Å². The van der Waals surface area contributed by atoms with Gasteiger partial charge in [0.1, 0.15) is 11.8 Å². The SMILES string of the molecule is C=CC1C(=O)OCC1/C(C)=C/C(O)CN1CCN(CC(O)c2ccc(C#N)c(OC)c2)CC1. The molecule has 33 heavy (non-hydrogen) atoms. The molecule has 4 atom stereocenters. The average Bonchev–Trinajstić information content (AvgIpc) is 3.20. The number of hydrogen-bond donors (Lipinski definition) is 2. The first-order valence-corrected chi connectivity index (χ1v) is 11.2. The maximum Gasteiger partial charge on any atom is 0.313 e. The van der Waals surface area contributed by atoms with Crippen LogP contribution in [0.1, 0.15) is 24.2 Å². The van der Waals surface area contributed by atoms with Gasteiger partial charge in [-0.1, -0.05) is 23.8 Å². The number of methoxy groups -OCH3 is 1. The molecule has 0 aromatic heterocycles. The molecule has 8 heteroatoms. The second kappa shape index (κ2) is 11.4. The Bertz CT molecular complexity index is 917. The van der Waals surface area contributed by atoms with Crippen LogP contribution in [-0.4, -0.2) is 85.1 Å². The van der Waals surface area contributed by atoms with Gasteiger partial charge in [-0.15, -0.1) is 6.58 Å². The number of cyclic esters (lactones) is 1. The van der Waals surface area contributed by atoms with Gasteiger partial charge >= 0.3 is 5.97 Å². The van der Waals surface area contributed by atoms with E-state index in [1.165, 1.54) is 7.11 Å². The smallest absolute Gasteiger partial charge is 0.313 e. The van der Waals surface area contributed by atoms with E-state index in [0.29, 0.717) is 31.0 Å². The van der Waals surface area contributed by atoms with Crippen molar-refractivity contribution in [3.8, 4) is 11.8 Å². The highest BCUT2D eigenvalue weighted by atomic mass is 16.5. The number of β-amino-alcohol motifs (C(OH)–C–C–N with tert-alkyl or cyclic N) is 2. The number of hydrogen-bond acceptors (Lipinski definition) is 8. The summed E-state index contributed by atoms with van der Waals surface area (Å²) in [7, 11) is 1.51. The molecule has 2 N–H and O–H groups in total. The van der Waals surface area contributed by atoms with Crippen molar-refractivity contribution in [2.45, 2.75) is 19.1 Å². The van der Waals surface area contributed by atoms with Gasteiger partial charge in [0.05, 0.1) is 37.4 Å². The van der Waals surface area contributed by atoms with Crippen LogP contribution in [0.25, 0.3) is 0 Å². The minimum atomic E-state index is -0.677. The number of esters is 1. The second-order valence-corrected chi connectivity index (χ2v) is 8.66. The second-order valence-electron chi connectivity index (χ2n) is 8.66. The zero-order valence-corrected chi connectivity index (χ0v) is 19.3. The zero-order chi connectivity index (χ0) is 24.0. The lowest BCUT2D eigenvalue weighted by molar-refractivity contribution is -0.140. The van der Waals surface area contributed by atoms with Crippen LogP contribution in [0, 0.1) is 23.2 Å². The lowest BCUT2D eigenvalue weighted by atomic mass is 9.88. The van der Waals surface area contributed by atoms with Crippen LogP contribution >= 0.6 is 0 Å². The lowest BCUT2D eigenvalue weighted by Crippen LogP contribution is -2.49. The van der Waals surface area contributed by atoms with Gasteiger partial charge in [0.25, 0.3) is 0 Å². The number of aliphatic hydroxyl groups is 2. The standard InChI is InChI=1S/C25H33N3O5/c1-4-21-22(16-33-25(21)31)17(2)11-20(29)14-27-7-9-28(10-8-27)15-23(30)18-5-6-19(13-26)24(12-18)32-3/h4-6,11-12,20-23,29-30H,1,7-10,14-16H2,2-3H3/b17-11+. The van der Waals surface area contributed by atoms with Crippen LogP contribution in [0.2, 0.25) is 0 Å². The molecule has 1 aromatic carbocycles. The fourth-order valence-corrected chi connectivity index (χ4v) is 4.47. The van der Waals surface area contributed by atoms with Crippen molar-refractivity contribution < 1.29 is 24.5 Å². The molecular formula is C25H33N3O5. The summed E-state index contributed by atoms with van der Waals surface area (Å²) >= 11 is 0. The summed E-state index contributed by atoms with van der Waals surface area (Å²) < 4.78 is 10.4. The maximum atomic E-state index is 11.7. The molecular weight excluding hydrogens is 422 g/mol. The summed E-state index contributed by atoms with van der Waals surface area (Å²) in [6, 6.07) is 7.21. The van der Waals surface area contributed by atoms with Crippen LogP contribution in [-0.2, 0) is 9.53 Å². The number of carbonyl (C=O) groups is 1. The summed E-state index contributed by atoms with van der Waals surface area (Å²) in [5, 5.41) is 30.3. The van der Waals surface area contributed by atoms with E-state index in [1.54, 1.807) is 24.3 Å². The number of rotatable bonds is 9. The summed E-state index contributed by atoms with van der Waals surface area (Å²) in [5.74, 6) is -0.206. The fraction of sp³-hybridized carbons (Fsp3) is 0.520. The van der Waals surface area contributed by atoms with Crippen molar-refractivity contribution >= 4 is 5.97 Å². The number of aliphatic hydroxyl groups excluding tert-OH is 2. The van der Waals surface area contributed by atoms with E-state index in [4.69, 9.17) is 14.7 Å². The molecule has 1 aromatic rings. The quantitative estimate of drug-likeness (QED) is 0.426. The van der Waals surface area contributed by atoms with Gasteiger partial charge in [0.15, 0.2) is 0 Å². The predicted molar refractivity (Wildman–Crippen MR) is 123 cm³/mol. The van der Waals surface area contributed by atoms with Crippen LogP contribution in [0.3, 0.4) is 0 Å². The van der Waals surface area contributed by atoms with Crippen LogP contribution in [0.15, 0.2) is 42.5 Å². The Morgan fingerprint density at radius 2 is 1.97 bits per heavy atom. The third-order valence-corrected chi connectivity index (χ3v) is 6.48. The van der Waals surface area contributed by atoms with Crippen molar-refractivity contribution in [2.75, 3.05) is 53.0 Å². The third kappa shape index (κ3) is 6.21. The Labute approximate surface area is 195 Å². The molecule has 4 unspecified atom stereocenters. The summed E-state index contributed by atoms with van der Waals surface area (Å²) in [5.41, 5.74) is 2.10. The molecule has 2 heterocycles. The number of benzene rings is 1. The van der Waals surface area contributed by atoms with E-state index in [1.807, 2.05) is 13.0 Å². The number of nitriles is 1.